The molecular weight excluding hydrogens is 197 g/mol. The summed E-state index contributed by atoms with van der Waals surface area (Å²) in [5.74, 6) is -1.20. The summed E-state index contributed by atoms with van der Waals surface area (Å²) in [4.78, 5) is 13.9. The number of alkyl halides is 2. The number of carbonyl (C=O) groups excluding carboxylic acids is 1. The lowest BCUT2D eigenvalue weighted by molar-refractivity contribution is 0.110. The van der Waals surface area contributed by atoms with Crippen LogP contribution < -0.4 is 5.73 Å². The molecule has 0 fully saturated rings. The SMILES string of the molecule is NCc1ncc(F)c(C(F)F)c1C=O. The minimum atomic E-state index is -3.05. The van der Waals surface area contributed by atoms with Crippen molar-refractivity contribution in [2.75, 3.05) is 0 Å². The summed E-state index contributed by atoms with van der Waals surface area (Å²) in [6.07, 6.45) is -2.28. The lowest BCUT2D eigenvalue weighted by Crippen LogP contribution is -2.09. The summed E-state index contributed by atoms with van der Waals surface area (Å²) in [5, 5.41) is 0. The Kier molecular flexibility index (Phi) is 3.19. The van der Waals surface area contributed by atoms with E-state index in [-0.39, 0.29) is 18.5 Å². The Labute approximate surface area is 77.7 Å². The topological polar surface area (TPSA) is 56.0 Å². The number of nitrogens with two attached hydrogens (primary N) is 1. The van der Waals surface area contributed by atoms with E-state index >= 15 is 0 Å². The van der Waals surface area contributed by atoms with Crippen LogP contribution in [0, 0.1) is 5.82 Å². The fourth-order valence-electron chi connectivity index (χ4n) is 1.07. The summed E-state index contributed by atoms with van der Waals surface area (Å²) in [7, 11) is 0. The van der Waals surface area contributed by atoms with Gasteiger partial charge in [0, 0.05) is 12.1 Å². The third-order valence-electron chi connectivity index (χ3n) is 1.72. The van der Waals surface area contributed by atoms with Crippen LogP contribution in [0.3, 0.4) is 0 Å². The smallest absolute Gasteiger partial charge is 0.267 e. The van der Waals surface area contributed by atoms with Gasteiger partial charge in [-0.1, -0.05) is 0 Å². The molecule has 0 amide bonds. The van der Waals surface area contributed by atoms with Gasteiger partial charge < -0.3 is 5.73 Å². The van der Waals surface area contributed by atoms with Gasteiger partial charge in [-0.2, -0.15) is 0 Å². The number of nitrogens with zero attached hydrogens (tertiary/aromatic N) is 1. The second-order valence-corrected chi connectivity index (χ2v) is 2.50. The molecule has 0 aromatic carbocycles. The maximum Gasteiger partial charge on any atom is 0.267 e. The third kappa shape index (κ3) is 1.74. The summed E-state index contributed by atoms with van der Waals surface area (Å²) in [5.41, 5.74) is 3.73. The van der Waals surface area contributed by atoms with Crippen molar-refractivity contribution in [3.63, 3.8) is 0 Å². The predicted molar refractivity (Wildman–Crippen MR) is 42.4 cm³/mol. The molecule has 1 heterocycles. The lowest BCUT2D eigenvalue weighted by atomic mass is 10.1. The molecule has 14 heavy (non-hydrogen) atoms. The van der Waals surface area contributed by atoms with Gasteiger partial charge >= 0.3 is 0 Å². The first-order valence-electron chi connectivity index (χ1n) is 3.72. The highest BCUT2D eigenvalue weighted by molar-refractivity contribution is 5.79. The molecule has 1 rings (SSSR count). The molecule has 0 aliphatic rings. The highest BCUT2D eigenvalue weighted by atomic mass is 19.3. The quantitative estimate of drug-likeness (QED) is 0.757. The van der Waals surface area contributed by atoms with Gasteiger partial charge in [-0.05, 0) is 0 Å². The number of pyridine rings is 1. The minimum Gasteiger partial charge on any atom is -0.325 e. The normalized spacial score (nSPS) is 10.6. The summed E-state index contributed by atoms with van der Waals surface area (Å²) < 4.78 is 37.5. The zero-order chi connectivity index (χ0) is 10.7. The molecule has 6 heteroatoms. The summed E-state index contributed by atoms with van der Waals surface area (Å²) in [6.45, 7) is -0.186. The van der Waals surface area contributed by atoms with Gasteiger partial charge in [0.05, 0.1) is 17.5 Å². The van der Waals surface area contributed by atoms with E-state index < -0.39 is 23.4 Å². The van der Waals surface area contributed by atoms with Crippen molar-refractivity contribution in [3.8, 4) is 0 Å². The maximum atomic E-state index is 12.9. The molecule has 0 bridgehead atoms. The van der Waals surface area contributed by atoms with Crippen molar-refractivity contribution in [1.82, 2.24) is 4.98 Å². The van der Waals surface area contributed by atoms with Gasteiger partial charge in [0.2, 0.25) is 0 Å². The van der Waals surface area contributed by atoms with E-state index in [0.717, 1.165) is 0 Å². The first kappa shape index (κ1) is 10.6. The van der Waals surface area contributed by atoms with Crippen molar-refractivity contribution in [1.29, 1.82) is 0 Å². The van der Waals surface area contributed by atoms with Crippen LogP contribution in [-0.2, 0) is 6.54 Å². The van der Waals surface area contributed by atoms with Crippen LogP contribution in [0.2, 0.25) is 0 Å². The van der Waals surface area contributed by atoms with Crippen molar-refractivity contribution in [2.24, 2.45) is 5.73 Å². The molecular formula is C8H7F3N2O. The van der Waals surface area contributed by atoms with Crippen LogP contribution >= 0.6 is 0 Å². The predicted octanol–water partition coefficient (Wildman–Crippen LogP) is 1.43. The lowest BCUT2D eigenvalue weighted by Gasteiger charge is -2.07. The van der Waals surface area contributed by atoms with Crippen molar-refractivity contribution in [2.45, 2.75) is 13.0 Å². The Morgan fingerprint density at radius 1 is 1.57 bits per heavy atom. The third-order valence-corrected chi connectivity index (χ3v) is 1.72. The fraction of sp³-hybridized carbons (Fsp3) is 0.250. The molecule has 0 atom stereocenters. The molecule has 1 aromatic rings. The van der Waals surface area contributed by atoms with Crippen LogP contribution in [0.1, 0.15) is 28.0 Å². The number of hydrogen-bond acceptors (Lipinski definition) is 3. The van der Waals surface area contributed by atoms with E-state index in [0.29, 0.717) is 6.20 Å². The molecule has 0 saturated carbocycles. The standard InChI is InChI=1S/C8H7F3N2O/c9-5-2-13-6(1-12)4(3-14)7(5)8(10)11/h2-3,8H,1,12H2. The first-order valence-corrected chi connectivity index (χ1v) is 3.72. The second kappa shape index (κ2) is 4.19. The van der Waals surface area contributed by atoms with Gasteiger partial charge in [-0.15, -0.1) is 0 Å². The average Bonchev–Trinajstić information content (AvgIpc) is 2.16. The van der Waals surface area contributed by atoms with Crippen LogP contribution in [0.5, 0.6) is 0 Å². The zero-order valence-corrected chi connectivity index (χ0v) is 7.01. The highest BCUT2D eigenvalue weighted by Gasteiger charge is 2.21. The summed E-state index contributed by atoms with van der Waals surface area (Å²) >= 11 is 0. The summed E-state index contributed by atoms with van der Waals surface area (Å²) in [6, 6.07) is 0. The van der Waals surface area contributed by atoms with Crippen molar-refractivity contribution < 1.29 is 18.0 Å². The Morgan fingerprint density at radius 2 is 2.21 bits per heavy atom. The van der Waals surface area contributed by atoms with E-state index in [4.69, 9.17) is 5.73 Å². The molecule has 0 aliphatic carbocycles. The number of aromatic nitrogens is 1. The first-order chi connectivity index (χ1) is 6.61. The molecule has 2 N–H and O–H groups in total. The molecule has 0 saturated heterocycles. The Hall–Kier alpha value is -1.43. The highest BCUT2D eigenvalue weighted by Crippen LogP contribution is 2.25. The van der Waals surface area contributed by atoms with E-state index in [2.05, 4.69) is 4.98 Å². The Balaban J connectivity index is 3.42. The van der Waals surface area contributed by atoms with E-state index in [1.54, 1.807) is 0 Å². The van der Waals surface area contributed by atoms with Gasteiger partial charge in [0.25, 0.3) is 6.43 Å². The van der Waals surface area contributed by atoms with Gasteiger partial charge in [0.1, 0.15) is 0 Å². The fourth-order valence-corrected chi connectivity index (χ4v) is 1.07. The number of aldehydes is 1. The van der Waals surface area contributed by atoms with Gasteiger partial charge in [0.15, 0.2) is 12.1 Å². The zero-order valence-electron chi connectivity index (χ0n) is 7.01. The molecule has 3 nitrogen and oxygen atoms in total. The van der Waals surface area contributed by atoms with E-state index in [9.17, 15) is 18.0 Å². The largest absolute Gasteiger partial charge is 0.325 e. The molecule has 1 aromatic heterocycles. The second-order valence-electron chi connectivity index (χ2n) is 2.50. The monoisotopic (exact) mass is 204 g/mol. The maximum absolute atomic E-state index is 12.9. The van der Waals surface area contributed by atoms with Crippen molar-refractivity contribution in [3.05, 3.63) is 28.8 Å². The van der Waals surface area contributed by atoms with Gasteiger partial charge in [-0.3, -0.25) is 9.78 Å². The number of rotatable bonds is 3. The molecule has 0 unspecified atom stereocenters. The molecule has 0 radical (unpaired) electrons. The van der Waals surface area contributed by atoms with E-state index in [1.807, 2.05) is 0 Å². The molecule has 0 aliphatic heterocycles. The number of hydrogen-bond donors (Lipinski definition) is 1. The van der Waals surface area contributed by atoms with Crippen molar-refractivity contribution >= 4 is 6.29 Å². The minimum absolute atomic E-state index is 0.0308. The van der Waals surface area contributed by atoms with Crippen LogP contribution in [0.25, 0.3) is 0 Å². The Morgan fingerprint density at radius 3 is 2.64 bits per heavy atom. The van der Waals surface area contributed by atoms with Crippen LogP contribution in [0.4, 0.5) is 13.2 Å². The molecule has 76 valence electrons. The van der Waals surface area contributed by atoms with Gasteiger partial charge in [-0.25, -0.2) is 13.2 Å². The number of halogens is 3. The van der Waals surface area contributed by atoms with Crippen LogP contribution in [-0.4, -0.2) is 11.3 Å². The van der Waals surface area contributed by atoms with Crippen LogP contribution in [0.15, 0.2) is 6.20 Å². The Bertz CT molecular complexity index is 355. The average molecular weight is 204 g/mol. The molecule has 0 spiro atoms. The number of carbonyl (C=O) groups is 1. The van der Waals surface area contributed by atoms with E-state index in [1.165, 1.54) is 0 Å².